The zero-order valence-electron chi connectivity index (χ0n) is 10.1. The maximum atomic E-state index is 5.39. The zero-order chi connectivity index (χ0) is 11.1. The van der Waals surface area contributed by atoms with Crippen LogP contribution in [0, 0.1) is 6.92 Å². The molecule has 0 aliphatic heterocycles. The number of aromatic nitrogens is 1. The van der Waals surface area contributed by atoms with Crippen LogP contribution in [0.5, 0.6) is 0 Å². The Morgan fingerprint density at radius 1 is 1.40 bits per heavy atom. The molecule has 1 aliphatic carbocycles. The van der Waals surface area contributed by atoms with Gasteiger partial charge in [-0.15, -0.1) is 0 Å². The smallest absolute Gasteiger partial charge is 0.143 e. The van der Waals surface area contributed by atoms with Gasteiger partial charge in [0.25, 0.3) is 0 Å². The molecule has 3 nitrogen and oxygen atoms in total. The van der Waals surface area contributed by atoms with Crippen molar-refractivity contribution < 1.29 is 4.52 Å². The Balaban J connectivity index is 2.02. The standard InChI is InChI=1S/C12H20N2O/c1-8-10(7-13-12(2,3)4)14-15-11(8)9-5-6-9/h9,13H,5-7H2,1-4H3. The maximum absolute atomic E-state index is 5.39. The second-order valence-corrected chi connectivity index (χ2v) is 5.50. The summed E-state index contributed by atoms with van der Waals surface area (Å²) in [6.45, 7) is 9.38. The number of rotatable bonds is 3. The number of hydrogen-bond donors (Lipinski definition) is 1. The van der Waals surface area contributed by atoms with Crippen LogP contribution in [0.25, 0.3) is 0 Å². The molecule has 0 unspecified atom stereocenters. The molecule has 1 aliphatic rings. The third-order valence-electron chi connectivity index (χ3n) is 2.79. The van der Waals surface area contributed by atoms with E-state index in [9.17, 15) is 0 Å². The summed E-state index contributed by atoms with van der Waals surface area (Å²) in [5.74, 6) is 1.77. The quantitative estimate of drug-likeness (QED) is 0.830. The van der Waals surface area contributed by atoms with Gasteiger partial charge in [0.15, 0.2) is 0 Å². The first-order valence-electron chi connectivity index (χ1n) is 5.67. The van der Waals surface area contributed by atoms with Crippen molar-refractivity contribution in [1.29, 1.82) is 0 Å². The molecular weight excluding hydrogens is 188 g/mol. The van der Waals surface area contributed by atoms with Gasteiger partial charge >= 0.3 is 0 Å². The molecule has 0 amide bonds. The van der Waals surface area contributed by atoms with Crippen molar-refractivity contribution in [3.63, 3.8) is 0 Å². The summed E-state index contributed by atoms with van der Waals surface area (Å²) in [6.07, 6.45) is 2.53. The molecule has 1 N–H and O–H groups in total. The predicted molar refractivity (Wildman–Crippen MR) is 59.8 cm³/mol. The lowest BCUT2D eigenvalue weighted by atomic mass is 10.1. The SMILES string of the molecule is Cc1c(CNC(C)(C)C)noc1C1CC1. The second kappa shape index (κ2) is 3.63. The van der Waals surface area contributed by atoms with Crippen LogP contribution in [0.4, 0.5) is 0 Å². The lowest BCUT2D eigenvalue weighted by Crippen LogP contribution is -2.35. The normalized spacial score (nSPS) is 17.1. The van der Waals surface area contributed by atoms with E-state index in [2.05, 4.69) is 38.2 Å². The molecule has 1 aromatic rings. The number of nitrogens with one attached hydrogen (secondary N) is 1. The van der Waals surface area contributed by atoms with Crippen LogP contribution in [0.3, 0.4) is 0 Å². The van der Waals surface area contributed by atoms with Crippen molar-refractivity contribution in [3.8, 4) is 0 Å². The molecular formula is C12H20N2O. The lowest BCUT2D eigenvalue weighted by molar-refractivity contribution is 0.366. The Hall–Kier alpha value is -0.830. The monoisotopic (exact) mass is 208 g/mol. The van der Waals surface area contributed by atoms with Crippen molar-refractivity contribution in [2.75, 3.05) is 0 Å². The highest BCUT2D eigenvalue weighted by Crippen LogP contribution is 2.42. The average Bonchev–Trinajstić information content (AvgIpc) is 2.88. The van der Waals surface area contributed by atoms with Crippen molar-refractivity contribution >= 4 is 0 Å². The Morgan fingerprint density at radius 3 is 2.60 bits per heavy atom. The fourth-order valence-corrected chi connectivity index (χ4v) is 1.62. The van der Waals surface area contributed by atoms with Crippen LogP contribution in [0.15, 0.2) is 4.52 Å². The molecule has 1 aromatic heterocycles. The van der Waals surface area contributed by atoms with Crippen LogP contribution < -0.4 is 5.32 Å². The summed E-state index contributed by atoms with van der Waals surface area (Å²) >= 11 is 0. The summed E-state index contributed by atoms with van der Waals surface area (Å²) in [6, 6.07) is 0. The van der Waals surface area contributed by atoms with Gasteiger partial charge in [-0.1, -0.05) is 5.16 Å². The molecule has 0 atom stereocenters. The number of nitrogens with zero attached hydrogens (tertiary/aromatic N) is 1. The van der Waals surface area contributed by atoms with Crippen LogP contribution in [0.1, 0.15) is 56.5 Å². The molecule has 0 bridgehead atoms. The van der Waals surface area contributed by atoms with E-state index in [0.717, 1.165) is 18.0 Å². The molecule has 0 radical (unpaired) electrons. The highest BCUT2D eigenvalue weighted by atomic mass is 16.5. The van der Waals surface area contributed by atoms with E-state index in [4.69, 9.17) is 4.52 Å². The first-order valence-corrected chi connectivity index (χ1v) is 5.67. The third kappa shape index (κ3) is 2.59. The minimum Gasteiger partial charge on any atom is -0.361 e. The van der Waals surface area contributed by atoms with Crippen LogP contribution >= 0.6 is 0 Å². The van der Waals surface area contributed by atoms with Gasteiger partial charge in [-0.05, 0) is 40.5 Å². The van der Waals surface area contributed by atoms with Gasteiger partial charge in [-0.3, -0.25) is 0 Å². The highest BCUT2D eigenvalue weighted by Gasteiger charge is 2.30. The first kappa shape index (κ1) is 10.7. The zero-order valence-corrected chi connectivity index (χ0v) is 10.1. The molecule has 0 aromatic carbocycles. The Labute approximate surface area is 91.2 Å². The first-order chi connectivity index (χ1) is 6.97. The molecule has 0 saturated heterocycles. The average molecular weight is 208 g/mol. The highest BCUT2D eigenvalue weighted by molar-refractivity contribution is 5.26. The fourth-order valence-electron chi connectivity index (χ4n) is 1.62. The van der Waals surface area contributed by atoms with Gasteiger partial charge in [-0.2, -0.15) is 0 Å². The molecule has 15 heavy (non-hydrogen) atoms. The Morgan fingerprint density at radius 2 is 2.07 bits per heavy atom. The van der Waals surface area contributed by atoms with E-state index < -0.39 is 0 Å². The van der Waals surface area contributed by atoms with Gasteiger partial charge in [0.05, 0.1) is 0 Å². The third-order valence-corrected chi connectivity index (χ3v) is 2.79. The minimum absolute atomic E-state index is 0.130. The number of hydrogen-bond acceptors (Lipinski definition) is 3. The summed E-state index contributed by atoms with van der Waals surface area (Å²) in [7, 11) is 0. The van der Waals surface area contributed by atoms with Crippen LogP contribution in [-0.4, -0.2) is 10.7 Å². The summed E-state index contributed by atoms with van der Waals surface area (Å²) < 4.78 is 5.39. The summed E-state index contributed by atoms with van der Waals surface area (Å²) in [4.78, 5) is 0. The van der Waals surface area contributed by atoms with E-state index in [1.165, 1.54) is 18.4 Å². The maximum Gasteiger partial charge on any atom is 0.143 e. The Kier molecular flexibility index (Phi) is 2.59. The topological polar surface area (TPSA) is 38.1 Å². The van der Waals surface area contributed by atoms with Gasteiger partial charge in [0.1, 0.15) is 11.5 Å². The van der Waals surface area contributed by atoms with Crippen molar-refractivity contribution in [2.24, 2.45) is 0 Å². The van der Waals surface area contributed by atoms with Gasteiger partial charge < -0.3 is 9.84 Å². The van der Waals surface area contributed by atoms with Gasteiger partial charge in [0, 0.05) is 23.6 Å². The van der Waals surface area contributed by atoms with Crippen LogP contribution in [0.2, 0.25) is 0 Å². The van der Waals surface area contributed by atoms with Gasteiger partial charge in [-0.25, -0.2) is 0 Å². The molecule has 84 valence electrons. The molecule has 2 rings (SSSR count). The van der Waals surface area contributed by atoms with Crippen molar-refractivity contribution in [2.45, 2.75) is 58.5 Å². The molecule has 1 fully saturated rings. The fraction of sp³-hybridized carbons (Fsp3) is 0.750. The Bertz CT molecular complexity index is 345. The molecule has 1 saturated carbocycles. The van der Waals surface area contributed by atoms with Crippen molar-refractivity contribution in [3.05, 3.63) is 17.0 Å². The van der Waals surface area contributed by atoms with E-state index >= 15 is 0 Å². The second-order valence-electron chi connectivity index (χ2n) is 5.50. The molecule has 1 heterocycles. The minimum atomic E-state index is 0.130. The van der Waals surface area contributed by atoms with E-state index in [0.29, 0.717) is 5.92 Å². The van der Waals surface area contributed by atoms with Gasteiger partial charge in [0.2, 0.25) is 0 Å². The molecule has 3 heteroatoms. The van der Waals surface area contributed by atoms with Crippen molar-refractivity contribution in [1.82, 2.24) is 10.5 Å². The van der Waals surface area contributed by atoms with E-state index in [-0.39, 0.29) is 5.54 Å². The van der Waals surface area contributed by atoms with E-state index in [1.54, 1.807) is 0 Å². The van der Waals surface area contributed by atoms with Crippen LogP contribution in [-0.2, 0) is 6.54 Å². The largest absolute Gasteiger partial charge is 0.361 e. The lowest BCUT2D eigenvalue weighted by Gasteiger charge is -2.19. The van der Waals surface area contributed by atoms with E-state index in [1.807, 2.05) is 0 Å². The molecule has 0 spiro atoms. The predicted octanol–water partition coefficient (Wildman–Crippen LogP) is 2.75. The summed E-state index contributed by atoms with van der Waals surface area (Å²) in [5.41, 5.74) is 2.44. The summed E-state index contributed by atoms with van der Waals surface area (Å²) in [5, 5.41) is 7.57.